The zero-order chi connectivity index (χ0) is 14.3. The van der Waals surface area contributed by atoms with Crippen LogP contribution < -0.4 is 5.73 Å². The molecule has 110 valence electrons. The fourth-order valence-corrected chi connectivity index (χ4v) is 3.90. The lowest BCUT2D eigenvalue weighted by Gasteiger charge is -2.37. The molecule has 2 aliphatic heterocycles. The Morgan fingerprint density at radius 2 is 1.60 bits per heavy atom. The highest BCUT2D eigenvalue weighted by molar-refractivity contribution is 5.27. The summed E-state index contributed by atoms with van der Waals surface area (Å²) in [7, 11) is 0. The van der Waals surface area contributed by atoms with Crippen molar-refractivity contribution in [1.82, 2.24) is 4.90 Å². The molecule has 0 radical (unpaired) electrons. The van der Waals surface area contributed by atoms with Crippen LogP contribution in [0.3, 0.4) is 0 Å². The van der Waals surface area contributed by atoms with Gasteiger partial charge in [0.1, 0.15) is 0 Å². The first-order chi connectivity index (χ1) is 9.43. The minimum Gasteiger partial charge on any atom is -0.328 e. The van der Waals surface area contributed by atoms with E-state index in [0.717, 1.165) is 18.6 Å². The Bertz CT molecular complexity index is 443. The monoisotopic (exact) mass is 272 g/mol. The van der Waals surface area contributed by atoms with E-state index in [-0.39, 0.29) is 5.41 Å². The Morgan fingerprint density at radius 3 is 2.10 bits per heavy atom. The minimum atomic E-state index is 0.245. The third-order valence-corrected chi connectivity index (χ3v) is 5.11. The zero-order valence-electron chi connectivity index (χ0n) is 13.1. The maximum absolute atomic E-state index is 6.15. The van der Waals surface area contributed by atoms with Gasteiger partial charge in [0.2, 0.25) is 0 Å². The molecular formula is C18H28N2. The van der Waals surface area contributed by atoms with Crippen molar-refractivity contribution < 1.29 is 0 Å². The highest BCUT2D eigenvalue weighted by Gasteiger charge is 2.39. The first-order valence-corrected chi connectivity index (χ1v) is 8.04. The number of fused-ring (bicyclic) bond motifs is 2. The highest BCUT2D eigenvalue weighted by Crippen LogP contribution is 2.36. The fourth-order valence-electron chi connectivity index (χ4n) is 3.90. The average Bonchev–Trinajstić information content (AvgIpc) is 2.62. The third-order valence-electron chi connectivity index (χ3n) is 5.11. The van der Waals surface area contributed by atoms with Crippen LogP contribution in [0, 0.1) is 0 Å². The molecule has 0 saturated carbocycles. The molecule has 2 unspecified atom stereocenters. The molecule has 2 heterocycles. The minimum absolute atomic E-state index is 0.245. The van der Waals surface area contributed by atoms with Gasteiger partial charge in [-0.2, -0.15) is 0 Å². The summed E-state index contributed by atoms with van der Waals surface area (Å²) in [5.74, 6) is 0. The Kier molecular flexibility index (Phi) is 3.64. The summed E-state index contributed by atoms with van der Waals surface area (Å²) in [6.45, 7) is 7.92. The van der Waals surface area contributed by atoms with E-state index in [0.29, 0.717) is 6.04 Å². The van der Waals surface area contributed by atoms with Gasteiger partial charge >= 0.3 is 0 Å². The fraction of sp³-hybridized carbons (Fsp3) is 0.667. The van der Waals surface area contributed by atoms with Crippen molar-refractivity contribution in [2.45, 2.75) is 76.5 Å². The molecule has 1 aromatic carbocycles. The lowest BCUT2D eigenvalue weighted by atomic mass is 9.86. The predicted molar refractivity (Wildman–Crippen MR) is 84.7 cm³/mol. The van der Waals surface area contributed by atoms with Crippen molar-refractivity contribution in [1.29, 1.82) is 0 Å². The van der Waals surface area contributed by atoms with Gasteiger partial charge in [0, 0.05) is 24.7 Å². The predicted octanol–water partition coefficient (Wildman–Crippen LogP) is 3.44. The largest absolute Gasteiger partial charge is 0.328 e. The summed E-state index contributed by atoms with van der Waals surface area (Å²) in [5, 5.41) is 0. The summed E-state index contributed by atoms with van der Waals surface area (Å²) in [6.07, 6.45) is 5.07. The van der Waals surface area contributed by atoms with Crippen LogP contribution in [0.25, 0.3) is 0 Å². The van der Waals surface area contributed by atoms with Gasteiger partial charge in [-0.1, -0.05) is 45.0 Å². The SMILES string of the molecule is CC(C)(C)c1ccc(CN2C3CCC2CC(N)C3)cc1. The lowest BCUT2D eigenvalue weighted by molar-refractivity contribution is 0.120. The first-order valence-electron chi connectivity index (χ1n) is 8.04. The number of nitrogens with zero attached hydrogens (tertiary/aromatic N) is 1. The number of rotatable bonds is 2. The van der Waals surface area contributed by atoms with Crippen LogP contribution >= 0.6 is 0 Å². The second-order valence-electron chi connectivity index (χ2n) is 7.74. The quantitative estimate of drug-likeness (QED) is 0.893. The molecule has 0 amide bonds. The average molecular weight is 272 g/mol. The second-order valence-corrected chi connectivity index (χ2v) is 7.74. The van der Waals surface area contributed by atoms with E-state index in [2.05, 4.69) is 49.9 Å². The standard InChI is InChI=1S/C18H28N2/c1-18(2,3)14-6-4-13(5-7-14)12-20-16-8-9-17(20)11-15(19)10-16/h4-7,15-17H,8-12,19H2,1-3H3. The smallest absolute Gasteiger partial charge is 0.0239 e. The topological polar surface area (TPSA) is 29.3 Å². The number of piperidine rings is 1. The van der Waals surface area contributed by atoms with Crippen molar-refractivity contribution in [2.75, 3.05) is 0 Å². The van der Waals surface area contributed by atoms with Crippen molar-refractivity contribution in [3.8, 4) is 0 Å². The van der Waals surface area contributed by atoms with Crippen LogP contribution in [0.15, 0.2) is 24.3 Å². The van der Waals surface area contributed by atoms with E-state index in [4.69, 9.17) is 5.73 Å². The summed E-state index contributed by atoms with van der Waals surface area (Å²) >= 11 is 0. The number of nitrogens with two attached hydrogens (primary N) is 1. The molecular weight excluding hydrogens is 244 g/mol. The van der Waals surface area contributed by atoms with Crippen LogP contribution in [-0.4, -0.2) is 23.0 Å². The number of hydrogen-bond donors (Lipinski definition) is 1. The molecule has 0 aromatic heterocycles. The molecule has 2 saturated heterocycles. The summed E-state index contributed by atoms with van der Waals surface area (Å²) < 4.78 is 0. The summed E-state index contributed by atoms with van der Waals surface area (Å²) in [6, 6.07) is 11.1. The van der Waals surface area contributed by atoms with Gasteiger partial charge in [0.15, 0.2) is 0 Å². The maximum Gasteiger partial charge on any atom is 0.0239 e. The lowest BCUT2D eigenvalue weighted by Crippen LogP contribution is -2.46. The molecule has 0 spiro atoms. The van der Waals surface area contributed by atoms with E-state index < -0.39 is 0 Å². The van der Waals surface area contributed by atoms with E-state index in [1.807, 2.05) is 0 Å². The molecule has 2 aliphatic rings. The van der Waals surface area contributed by atoms with Gasteiger partial charge in [0.05, 0.1) is 0 Å². The van der Waals surface area contributed by atoms with Crippen LogP contribution in [0.5, 0.6) is 0 Å². The van der Waals surface area contributed by atoms with Crippen LogP contribution in [0.2, 0.25) is 0 Å². The molecule has 2 atom stereocenters. The van der Waals surface area contributed by atoms with E-state index >= 15 is 0 Å². The third kappa shape index (κ3) is 2.77. The number of benzene rings is 1. The maximum atomic E-state index is 6.15. The highest BCUT2D eigenvalue weighted by atomic mass is 15.2. The van der Waals surface area contributed by atoms with Gasteiger partial charge in [0.25, 0.3) is 0 Å². The Hall–Kier alpha value is -0.860. The molecule has 2 bridgehead atoms. The molecule has 2 fully saturated rings. The molecule has 1 aromatic rings. The Morgan fingerprint density at radius 1 is 1.05 bits per heavy atom. The van der Waals surface area contributed by atoms with Gasteiger partial charge in [-0.15, -0.1) is 0 Å². The molecule has 3 rings (SSSR count). The Labute approximate surface area is 123 Å². The molecule has 2 N–H and O–H groups in total. The van der Waals surface area contributed by atoms with Gasteiger partial charge < -0.3 is 5.73 Å². The van der Waals surface area contributed by atoms with Gasteiger partial charge in [-0.25, -0.2) is 0 Å². The summed E-state index contributed by atoms with van der Waals surface area (Å²) in [5.41, 5.74) is 9.27. The zero-order valence-corrected chi connectivity index (χ0v) is 13.1. The van der Waals surface area contributed by atoms with Crippen molar-refractivity contribution >= 4 is 0 Å². The van der Waals surface area contributed by atoms with Crippen molar-refractivity contribution in [3.63, 3.8) is 0 Å². The van der Waals surface area contributed by atoms with Crippen LogP contribution in [0.4, 0.5) is 0 Å². The van der Waals surface area contributed by atoms with Gasteiger partial charge in [-0.3, -0.25) is 4.90 Å². The molecule has 2 heteroatoms. The Balaban J connectivity index is 1.70. The second kappa shape index (κ2) is 5.16. The van der Waals surface area contributed by atoms with Crippen molar-refractivity contribution in [2.24, 2.45) is 5.73 Å². The first kappa shape index (κ1) is 14.1. The van der Waals surface area contributed by atoms with Crippen molar-refractivity contribution in [3.05, 3.63) is 35.4 Å². The molecule has 0 aliphatic carbocycles. The molecule has 20 heavy (non-hydrogen) atoms. The molecule has 2 nitrogen and oxygen atoms in total. The van der Waals surface area contributed by atoms with E-state index in [1.165, 1.54) is 36.8 Å². The number of hydrogen-bond acceptors (Lipinski definition) is 2. The summed E-state index contributed by atoms with van der Waals surface area (Å²) in [4.78, 5) is 2.70. The van der Waals surface area contributed by atoms with Crippen LogP contribution in [0.1, 0.15) is 57.6 Å². The van der Waals surface area contributed by atoms with Gasteiger partial charge in [-0.05, 0) is 42.2 Å². The van der Waals surface area contributed by atoms with Crippen LogP contribution in [-0.2, 0) is 12.0 Å². The normalized spacial score (nSPS) is 30.7. The van der Waals surface area contributed by atoms with E-state index in [1.54, 1.807) is 0 Å². The van der Waals surface area contributed by atoms with E-state index in [9.17, 15) is 0 Å².